The van der Waals surface area contributed by atoms with E-state index in [1.807, 2.05) is 20.8 Å². The standard InChI is InChI=1S/C24H49O16P5.C18H38O11P4.C12H27O6P3/c1-14(2)42(25,26)38-19-8-16(5)36-23(19)12-33-44(28,29)40-21-10-18(7)37-24(21)13-34-45(30,31)39-20-9-17(6)35-22(20)11-32-43(27,41)15(3)4;1-11(2)31(19,20)28-15-7-13(5)27-18(15)10-25-33(22,23)29-16-8-14(6)26-17(16)9-24-32(21,30)12(3)4;1-8(2)20(13,14)18-11-6-10(5)17-12(11)7-16-21(15,19)9(3)4/h14-24H,8-13,41H2,1-7H3,(H,25,26)(H,28,29)(H,30,31);11-18H,7-10,30H2,1-6H3,(H,19,20)(H,22,23);8-12H,6-7,19H2,1-5H3,(H,13,14)/t16-,17-,18-,19-,20-,21-,22+,23+,24+,43?;13-,14-,15-,16-,17+,18+,32?;10-,11-,12+,21?/m000/s1. The van der Waals surface area contributed by atoms with E-state index in [1.54, 1.807) is 104 Å². The predicted octanol–water partition coefficient (Wildman–Crippen LogP) is 12.9. The summed E-state index contributed by atoms with van der Waals surface area (Å²) in [6.07, 6.45) is -9.33. The van der Waals surface area contributed by atoms with Crippen molar-refractivity contribution in [3.63, 3.8) is 0 Å². The highest BCUT2D eigenvalue weighted by Crippen LogP contribution is 2.63. The zero-order chi connectivity index (χ0) is 75.6. The SMILES string of the molecule is CC(C)P(=O)(O)O[C@H]1C[C@H](C)O[C@@H]1COP(=O)(O)O[C@H]1C[C@H](C)O[C@@H]1COP(=O)(O)O[C@H]1C[C@H](C)O[C@@H]1COP(=O)(P)C(C)C.CC(C)P(=O)(O)O[C@H]1C[C@H](C)O[C@@H]1COP(=O)(O)O[C@H]1C[C@H](C)O[C@@H]1COP(=O)(P)C(C)C.CC(C)P(=O)(O)O[C@H]1C[C@H](C)O[C@@H]1COP(=O)(P)C(C)C. The summed E-state index contributed by atoms with van der Waals surface area (Å²) in [5.41, 5.74) is -2.29. The van der Waals surface area contributed by atoms with E-state index >= 15 is 0 Å². The molecule has 0 aromatic carbocycles. The molecule has 12 unspecified atom stereocenters. The van der Waals surface area contributed by atoms with Crippen molar-refractivity contribution in [3.8, 4) is 0 Å². The molecule has 6 aliphatic rings. The normalized spacial score (nSPS) is 36.1. The molecule has 0 radical (unpaired) electrons. The van der Waals surface area contributed by atoms with E-state index in [2.05, 4.69) is 26.8 Å². The lowest BCUT2D eigenvalue weighted by Crippen LogP contribution is -2.31. The fourth-order valence-corrected chi connectivity index (χ4v) is 18.4. The molecule has 6 heterocycles. The van der Waals surface area contributed by atoms with Crippen LogP contribution in [0.5, 0.6) is 0 Å². The fourth-order valence-electron chi connectivity index (χ4n) is 10.1. The van der Waals surface area contributed by atoms with E-state index in [0.717, 1.165) is 0 Å². The predicted molar refractivity (Wildman–Crippen MR) is 380 cm³/mol. The summed E-state index contributed by atoms with van der Waals surface area (Å²) in [6.45, 7) is 29.4. The Bertz CT molecular complexity index is 2980. The van der Waals surface area contributed by atoms with E-state index in [-0.39, 0.29) is 93.2 Å². The van der Waals surface area contributed by atoms with Gasteiger partial charge in [-0.2, -0.15) is 0 Å². The number of rotatable bonds is 36. The Morgan fingerprint density at radius 1 is 0.283 bits per heavy atom. The van der Waals surface area contributed by atoms with Gasteiger partial charge in [0.2, 0.25) is 21.2 Å². The van der Waals surface area contributed by atoms with Gasteiger partial charge < -0.3 is 84.9 Å². The van der Waals surface area contributed by atoms with Crippen LogP contribution in [0.25, 0.3) is 0 Å². The van der Waals surface area contributed by atoms with Crippen LogP contribution in [0.1, 0.15) is 163 Å². The monoisotopic (exact) mass is 1660 g/mol. The average molecular weight is 1660 g/mol. The molecular formula is C54H114O33P12. The first-order valence-corrected chi connectivity index (χ1v) is 52.4. The van der Waals surface area contributed by atoms with Crippen LogP contribution < -0.4 is 0 Å². The van der Waals surface area contributed by atoms with Crippen molar-refractivity contribution in [2.75, 3.05) is 39.6 Å². The maximum atomic E-state index is 12.9. The second-order valence-electron chi connectivity index (χ2n) is 27.6. The summed E-state index contributed by atoms with van der Waals surface area (Å²) in [6, 6.07) is 0. The van der Waals surface area contributed by atoms with Gasteiger partial charge in [0, 0.05) is 55.5 Å². The summed E-state index contributed by atoms with van der Waals surface area (Å²) in [7, 11) is -27.4. The third-order valence-corrected chi connectivity index (χ3v) is 38.0. The molecule has 0 aromatic rings. The van der Waals surface area contributed by atoms with Gasteiger partial charge >= 0.3 is 46.3 Å². The molecule has 0 amide bonds. The van der Waals surface area contributed by atoms with Crippen LogP contribution in [0.4, 0.5) is 0 Å². The Labute approximate surface area is 591 Å². The van der Waals surface area contributed by atoms with E-state index in [0.29, 0.717) is 19.3 Å². The molecule has 6 N–H and O–H groups in total. The van der Waals surface area contributed by atoms with Crippen molar-refractivity contribution in [3.05, 3.63) is 0 Å². The van der Waals surface area contributed by atoms with Crippen LogP contribution in [-0.2, 0) is 124 Å². The summed E-state index contributed by atoms with van der Waals surface area (Å²) >= 11 is 0. The van der Waals surface area contributed by atoms with E-state index in [1.165, 1.54) is 0 Å². The molecule has 6 fully saturated rings. The molecule has 0 saturated carbocycles. The minimum atomic E-state index is -4.73. The first-order chi connectivity index (χ1) is 45.1. The van der Waals surface area contributed by atoms with Gasteiger partial charge in [-0.3, -0.25) is 54.5 Å². The van der Waals surface area contributed by atoms with Crippen LogP contribution >= 0.6 is 94.2 Å². The largest absolute Gasteiger partial charge is 0.472 e. The highest BCUT2D eigenvalue weighted by atomic mass is 32.1. The van der Waals surface area contributed by atoms with Gasteiger partial charge in [-0.1, -0.05) is 83.1 Å². The maximum absolute atomic E-state index is 12.9. The second kappa shape index (κ2) is 39.5. The Hall–Kier alpha value is 2.40. The molecule has 99 heavy (non-hydrogen) atoms. The first kappa shape index (κ1) is 93.8. The van der Waals surface area contributed by atoms with Crippen LogP contribution in [0, 0.1) is 0 Å². The van der Waals surface area contributed by atoms with Gasteiger partial charge in [-0.05, 0) is 68.3 Å². The highest BCUT2D eigenvalue weighted by molar-refractivity contribution is 8.15. The molecule has 6 saturated heterocycles. The number of phosphoric acid groups is 3. The van der Waals surface area contributed by atoms with Crippen molar-refractivity contribution < 1.29 is 153 Å². The minimum absolute atomic E-state index is 0.0614. The van der Waals surface area contributed by atoms with Crippen LogP contribution in [0.2, 0.25) is 0 Å². The minimum Gasteiger partial charge on any atom is -0.370 e. The van der Waals surface area contributed by atoms with Gasteiger partial charge in [-0.15, -0.1) is 0 Å². The Morgan fingerprint density at radius 3 is 0.586 bits per heavy atom. The Balaban J connectivity index is 0.000000338. The molecular weight excluding hydrogens is 1550 g/mol. The quantitative estimate of drug-likeness (QED) is 0.0317. The van der Waals surface area contributed by atoms with Crippen molar-refractivity contribution >= 4 is 94.2 Å². The molecule has 0 aliphatic carbocycles. The number of hydrogen-bond acceptors (Lipinski definition) is 27. The third kappa shape index (κ3) is 31.2. The van der Waals surface area contributed by atoms with E-state index in [9.17, 15) is 70.4 Å². The van der Waals surface area contributed by atoms with Crippen LogP contribution in [0.3, 0.4) is 0 Å². The molecule has 45 heteroatoms. The summed E-state index contributed by atoms with van der Waals surface area (Å²) < 4.78 is 211. The van der Waals surface area contributed by atoms with E-state index in [4.69, 9.17) is 82.7 Å². The summed E-state index contributed by atoms with van der Waals surface area (Å²) in [5.74, 6) is 0. The van der Waals surface area contributed by atoms with Crippen LogP contribution in [0.15, 0.2) is 0 Å². The highest BCUT2D eigenvalue weighted by Gasteiger charge is 2.49. The van der Waals surface area contributed by atoms with Crippen molar-refractivity contribution in [1.29, 1.82) is 0 Å². The van der Waals surface area contributed by atoms with Gasteiger partial charge in [0.15, 0.2) is 0 Å². The number of ether oxygens (including phenoxy) is 6. The van der Waals surface area contributed by atoms with Gasteiger partial charge in [0.1, 0.15) is 54.9 Å². The van der Waals surface area contributed by atoms with Crippen molar-refractivity contribution in [2.24, 2.45) is 0 Å². The number of hydrogen-bond donors (Lipinski definition) is 6. The van der Waals surface area contributed by atoms with Crippen LogP contribution in [-0.4, -0.2) is 213 Å². The summed E-state index contributed by atoms with van der Waals surface area (Å²) in [5, 5.41) is 0. The third-order valence-electron chi connectivity index (χ3n) is 16.6. The zero-order valence-electron chi connectivity index (χ0n) is 59.8. The molecule has 30 atom stereocenters. The lowest BCUT2D eigenvalue weighted by molar-refractivity contribution is -0.0389. The molecule has 33 nitrogen and oxygen atoms in total. The zero-order valence-corrected chi connectivity index (χ0v) is 71.3. The topological polar surface area (TPSA) is 441 Å². The van der Waals surface area contributed by atoms with Gasteiger partial charge in [0.05, 0.1) is 112 Å². The molecule has 588 valence electrons. The van der Waals surface area contributed by atoms with Crippen molar-refractivity contribution in [1.82, 2.24) is 0 Å². The van der Waals surface area contributed by atoms with Gasteiger partial charge in [0.25, 0.3) is 0 Å². The smallest absolute Gasteiger partial charge is 0.370 e. The molecule has 0 bridgehead atoms. The maximum Gasteiger partial charge on any atom is 0.472 e. The Kier molecular flexibility index (Phi) is 37.5. The average Bonchev–Trinajstić information content (AvgIpc) is 1.71. The fraction of sp³-hybridized carbons (Fsp3) is 1.00. The Morgan fingerprint density at radius 2 is 0.434 bits per heavy atom. The lowest BCUT2D eigenvalue weighted by atomic mass is 10.1. The molecule has 6 aliphatic heterocycles. The van der Waals surface area contributed by atoms with Crippen molar-refractivity contribution in [2.45, 2.75) is 307 Å². The molecule has 6 rings (SSSR count). The molecule has 0 aromatic heterocycles. The lowest BCUT2D eigenvalue weighted by Gasteiger charge is -2.26. The number of phosphoric ester groups is 3. The first-order valence-electron chi connectivity index (χ1n) is 33.1. The van der Waals surface area contributed by atoms with Gasteiger partial charge in [-0.25, -0.2) is 13.7 Å². The second-order valence-corrected chi connectivity index (χ2v) is 53.1. The van der Waals surface area contributed by atoms with E-state index < -0.39 is 177 Å². The summed E-state index contributed by atoms with van der Waals surface area (Å²) in [4.78, 5) is 61.2. The molecule has 0 spiro atoms.